The van der Waals surface area contributed by atoms with Crippen LogP contribution in [0, 0.1) is 6.92 Å². The SMILES string of the molecule is Cc1ccc2nc3oc4ccc(C(=O)OCc5ccccc5)cc4n3c2c1. The molecule has 5 aromatic rings. The molecule has 5 nitrogen and oxygen atoms in total. The molecular formula is C22H16N2O3. The summed E-state index contributed by atoms with van der Waals surface area (Å²) in [6.45, 7) is 2.28. The first kappa shape index (κ1) is 15.6. The summed E-state index contributed by atoms with van der Waals surface area (Å²) in [5, 5.41) is 0. The molecule has 27 heavy (non-hydrogen) atoms. The van der Waals surface area contributed by atoms with Gasteiger partial charge in [-0.05, 0) is 48.4 Å². The maximum Gasteiger partial charge on any atom is 0.338 e. The highest BCUT2D eigenvalue weighted by molar-refractivity contribution is 5.95. The molecule has 5 rings (SSSR count). The maximum atomic E-state index is 12.5. The molecule has 0 aliphatic rings. The zero-order valence-corrected chi connectivity index (χ0v) is 14.7. The van der Waals surface area contributed by atoms with Crippen LogP contribution in [0.15, 0.2) is 71.1 Å². The molecule has 5 heteroatoms. The van der Waals surface area contributed by atoms with E-state index in [9.17, 15) is 4.79 Å². The monoisotopic (exact) mass is 356 g/mol. The Hall–Kier alpha value is -3.60. The molecule has 0 N–H and O–H groups in total. The lowest BCUT2D eigenvalue weighted by molar-refractivity contribution is 0.0473. The Morgan fingerprint density at radius 3 is 2.74 bits per heavy atom. The summed E-state index contributed by atoms with van der Waals surface area (Å²) in [6, 6.07) is 21.0. The van der Waals surface area contributed by atoms with Gasteiger partial charge < -0.3 is 9.15 Å². The van der Waals surface area contributed by atoms with E-state index in [-0.39, 0.29) is 12.6 Å². The van der Waals surface area contributed by atoms with E-state index in [1.807, 2.05) is 53.8 Å². The van der Waals surface area contributed by atoms with Crippen molar-refractivity contribution in [3.8, 4) is 0 Å². The minimum absolute atomic E-state index is 0.242. The van der Waals surface area contributed by atoms with Gasteiger partial charge >= 0.3 is 11.8 Å². The third-order valence-electron chi connectivity index (χ3n) is 4.63. The number of rotatable bonds is 3. The van der Waals surface area contributed by atoms with Gasteiger partial charge in [-0.1, -0.05) is 36.4 Å². The van der Waals surface area contributed by atoms with Crippen LogP contribution in [0.1, 0.15) is 21.5 Å². The number of esters is 1. The molecule has 132 valence electrons. The van der Waals surface area contributed by atoms with Crippen LogP contribution in [-0.4, -0.2) is 15.4 Å². The van der Waals surface area contributed by atoms with Crippen LogP contribution in [0.3, 0.4) is 0 Å². The molecular weight excluding hydrogens is 340 g/mol. The summed E-state index contributed by atoms with van der Waals surface area (Å²) in [4.78, 5) is 17.0. The molecule has 3 aromatic carbocycles. The first-order valence-electron chi connectivity index (χ1n) is 8.71. The number of imidazole rings is 1. The third-order valence-corrected chi connectivity index (χ3v) is 4.63. The number of aryl methyl sites for hydroxylation is 1. The molecule has 0 bridgehead atoms. The molecule has 0 aliphatic heterocycles. The van der Waals surface area contributed by atoms with E-state index in [1.165, 1.54) is 0 Å². The largest absolute Gasteiger partial charge is 0.457 e. The zero-order valence-electron chi connectivity index (χ0n) is 14.7. The molecule has 0 spiro atoms. The Balaban J connectivity index is 1.55. The summed E-state index contributed by atoms with van der Waals surface area (Å²) >= 11 is 0. The number of carbonyl (C=O) groups excluding carboxylic acids is 1. The normalized spacial score (nSPS) is 11.4. The van der Waals surface area contributed by atoms with Gasteiger partial charge in [0, 0.05) is 0 Å². The van der Waals surface area contributed by atoms with Gasteiger partial charge in [-0.25, -0.2) is 4.79 Å². The predicted molar refractivity (Wildman–Crippen MR) is 103 cm³/mol. The van der Waals surface area contributed by atoms with Gasteiger partial charge in [0.05, 0.1) is 22.1 Å². The van der Waals surface area contributed by atoms with E-state index in [0.29, 0.717) is 17.0 Å². The Morgan fingerprint density at radius 1 is 1.04 bits per heavy atom. The Labute approximate surface area is 154 Å². The van der Waals surface area contributed by atoms with E-state index < -0.39 is 0 Å². The lowest BCUT2D eigenvalue weighted by Gasteiger charge is -2.05. The van der Waals surface area contributed by atoms with E-state index in [0.717, 1.165) is 27.7 Å². The van der Waals surface area contributed by atoms with Crippen LogP contribution >= 0.6 is 0 Å². The third kappa shape index (κ3) is 2.64. The average Bonchev–Trinajstić information content (AvgIpc) is 3.22. The first-order valence-corrected chi connectivity index (χ1v) is 8.71. The fourth-order valence-electron chi connectivity index (χ4n) is 3.27. The molecule has 2 aromatic heterocycles. The zero-order chi connectivity index (χ0) is 18.4. The molecule has 0 unspecified atom stereocenters. The van der Waals surface area contributed by atoms with Crippen molar-refractivity contribution in [2.24, 2.45) is 0 Å². The van der Waals surface area contributed by atoms with Crippen molar-refractivity contribution in [2.75, 3.05) is 0 Å². The average molecular weight is 356 g/mol. The van der Waals surface area contributed by atoms with E-state index >= 15 is 0 Å². The first-order chi connectivity index (χ1) is 13.2. The fourth-order valence-corrected chi connectivity index (χ4v) is 3.27. The molecule has 0 aliphatic carbocycles. The topological polar surface area (TPSA) is 56.7 Å². The highest BCUT2D eigenvalue weighted by Crippen LogP contribution is 2.27. The number of carbonyl (C=O) groups is 1. The standard InChI is InChI=1S/C22H16N2O3/c1-14-7-9-17-18(11-14)24-19-12-16(8-10-20(19)27-22(24)23-17)21(25)26-13-15-5-3-2-4-6-15/h2-12H,13H2,1H3. The molecule has 0 radical (unpaired) electrons. The lowest BCUT2D eigenvalue weighted by atomic mass is 10.2. The molecule has 0 fully saturated rings. The Bertz CT molecular complexity index is 1300. The van der Waals surface area contributed by atoms with Crippen LogP contribution in [0.25, 0.3) is 28.0 Å². The van der Waals surface area contributed by atoms with Gasteiger partial charge in [0.1, 0.15) is 6.61 Å². The molecule has 0 saturated heterocycles. The van der Waals surface area contributed by atoms with Gasteiger partial charge in [0.15, 0.2) is 5.58 Å². The van der Waals surface area contributed by atoms with Crippen LogP contribution < -0.4 is 0 Å². The number of ether oxygens (including phenoxy) is 1. The number of hydrogen-bond donors (Lipinski definition) is 0. The van der Waals surface area contributed by atoms with Crippen LogP contribution in [0.5, 0.6) is 0 Å². The highest BCUT2D eigenvalue weighted by Gasteiger charge is 2.16. The summed E-state index contributed by atoms with van der Waals surface area (Å²) in [5.74, 6) is 0.149. The van der Waals surface area contributed by atoms with Crippen LogP contribution in [0.2, 0.25) is 0 Å². The second-order valence-corrected chi connectivity index (χ2v) is 6.57. The van der Waals surface area contributed by atoms with Crippen molar-refractivity contribution in [3.63, 3.8) is 0 Å². The molecule has 0 amide bonds. The van der Waals surface area contributed by atoms with Crippen molar-refractivity contribution in [3.05, 3.63) is 83.4 Å². The van der Waals surface area contributed by atoms with Gasteiger partial charge in [-0.2, -0.15) is 4.98 Å². The van der Waals surface area contributed by atoms with Crippen molar-refractivity contribution >= 4 is 33.9 Å². The second-order valence-electron chi connectivity index (χ2n) is 6.57. The number of fused-ring (bicyclic) bond motifs is 5. The maximum absolute atomic E-state index is 12.5. The number of nitrogens with zero attached hydrogens (tertiary/aromatic N) is 2. The van der Waals surface area contributed by atoms with Gasteiger partial charge in [-0.15, -0.1) is 0 Å². The quantitative estimate of drug-likeness (QED) is 0.432. The molecule has 2 heterocycles. The molecule has 0 saturated carbocycles. The summed E-state index contributed by atoms with van der Waals surface area (Å²) < 4.78 is 13.2. The Morgan fingerprint density at radius 2 is 1.89 bits per heavy atom. The van der Waals surface area contributed by atoms with Gasteiger partial charge in [0.25, 0.3) is 0 Å². The summed E-state index contributed by atoms with van der Waals surface area (Å²) in [5.41, 5.74) is 5.87. The number of benzene rings is 3. The van der Waals surface area contributed by atoms with Crippen LogP contribution in [0.4, 0.5) is 0 Å². The van der Waals surface area contributed by atoms with Crippen molar-refractivity contribution in [1.29, 1.82) is 0 Å². The van der Waals surface area contributed by atoms with E-state index in [1.54, 1.807) is 18.2 Å². The number of oxazole rings is 1. The minimum Gasteiger partial charge on any atom is -0.457 e. The fraction of sp³-hybridized carbons (Fsp3) is 0.0909. The van der Waals surface area contributed by atoms with Crippen molar-refractivity contribution < 1.29 is 13.9 Å². The molecule has 0 atom stereocenters. The van der Waals surface area contributed by atoms with E-state index in [4.69, 9.17) is 9.15 Å². The summed E-state index contributed by atoms with van der Waals surface area (Å²) in [7, 11) is 0. The van der Waals surface area contributed by atoms with Crippen molar-refractivity contribution in [1.82, 2.24) is 9.38 Å². The minimum atomic E-state index is -0.365. The second kappa shape index (κ2) is 5.99. The predicted octanol–water partition coefficient (Wildman–Crippen LogP) is 4.90. The number of aromatic nitrogens is 2. The summed E-state index contributed by atoms with van der Waals surface area (Å²) in [6.07, 6.45) is 0. The Kier molecular flexibility index (Phi) is 3.47. The highest BCUT2D eigenvalue weighted by atomic mass is 16.5. The van der Waals surface area contributed by atoms with Gasteiger partial charge in [0.2, 0.25) is 0 Å². The van der Waals surface area contributed by atoms with Crippen molar-refractivity contribution in [2.45, 2.75) is 13.5 Å². The smallest absolute Gasteiger partial charge is 0.338 e. The number of hydrogen-bond acceptors (Lipinski definition) is 4. The van der Waals surface area contributed by atoms with Crippen LogP contribution in [-0.2, 0) is 11.3 Å². The van der Waals surface area contributed by atoms with Gasteiger partial charge in [-0.3, -0.25) is 4.40 Å². The van der Waals surface area contributed by atoms with E-state index in [2.05, 4.69) is 11.1 Å². The lowest BCUT2D eigenvalue weighted by Crippen LogP contribution is -2.05.